The predicted molar refractivity (Wildman–Crippen MR) is 90.7 cm³/mol. The van der Waals surface area contributed by atoms with Crippen LogP contribution >= 0.6 is 0 Å². The van der Waals surface area contributed by atoms with Crippen molar-refractivity contribution < 1.29 is 19.7 Å². The monoisotopic (exact) mass is 344 g/mol. The summed E-state index contributed by atoms with van der Waals surface area (Å²) in [5, 5.41) is 19.2. The highest BCUT2D eigenvalue weighted by molar-refractivity contribution is 5.65. The van der Waals surface area contributed by atoms with E-state index in [4.69, 9.17) is 9.84 Å². The molecule has 132 valence electrons. The molecule has 1 aliphatic rings. The Bertz CT molecular complexity index is 790. The molecule has 1 saturated heterocycles. The number of carboxylic acid groups (broad SMARTS) is 1. The third-order valence-corrected chi connectivity index (χ3v) is 4.34. The molecule has 2 atom stereocenters. The second kappa shape index (κ2) is 7.40. The molecule has 0 aliphatic carbocycles. The van der Waals surface area contributed by atoms with Crippen LogP contribution < -0.4 is 10.3 Å². The number of amides is 1. The van der Waals surface area contributed by atoms with Crippen LogP contribution in [-0.2, 0) is 6.61 Å². The fourth-order valence-electron chi connectivity index (χ4n) is 2.99. The number of piperidine rings is 1. The Labute approximate surface area is 144 Å². The molecule has 2 unspecified atom stereocenters. The quantitative estimate of drug-likeness (QED) is 0.881. The Hall–Kier alpha value is -2.80. The largest absolute Gasteiger partial charge is 0.489 e. The van der Waals surface area contributed by atoms with Crippen molar-refractivity contribution in [3.05, 3.63) is 64.6 Å². The van der Waals surface area contributed by atoms with Crippen molar-refractivity contribution in [2.75, 3.05) is 13.1 Å². The van der Waals surface area contributed by atoms with Crippen molar-refractivity contribution in [3.8, 4) is 5.75 Å². The van der Waals surface area contributed by atoms with E-state index in [9.17, 15) is 14.7 Å². The van der Waals surface area contributed by atoms with Crippen LogP contribution in [0.25, 0.3) is 0 Å². The summed E-state index contributed by atoms with van der Waals surface area (Å²) in [6.45, 7) is 0.651. The van der Waals surface area contributed by atoms with Gasteiger partial charge in [0, 0.05) is 18.8 Å². The maximum atomic E-state index is 12.4. The normalized spacial score (nSPS) is 20.3. The summed E-state index contributed by atoms with van der Waals surface area (Å²) >= 11 is 0. The first-order valence-corrected chi connectivity index (χ1v) is 8.09. The summed E-state index contributed by atoms with van der Waals surface area (Å²) < 4.78 is 7.07. The zero-order chi connectivity index (χ0) is 17.8. The smallest absolute Gasteiger partial charge is 0.407 e. The molecule has 1 amide bonds. The lowest BCUT2D eigenvalue weighted by molar-refractivity contribution is 0.0284. The summed E-state index contributed by atoms with van der Waals surface area (Å²) in [6, 6.07) is 12.3. The molecule has 0 radical (unpaired) electrons. The first kappa shape index (κ1) is 17.0. The van der Waals surface area contributed by atoms with Crippen LogP contribution in [0.15, 0.2) is 53.5 Å². The molecule has 2 aromatic rings. The van der Waals surface area contributed by atoms with Gasteiger partial charge in [0.2, 0.25) is 0 Å². The van der Waals surface area contributed by atoms with Gasteiger partial charge in [0.05, 0.1) is 18.7 Å². The van der Waals surface area contributed by atoms with Gasteiger partial charge in [-0.1, -0.05) is 30.3 Å². The molecule has 0 bridgehead atoms. The highest BCUT2D eigenvalue weighted by atomic mass is 16.5. The molecule has 7 heteroatoms. The van der Waals surface area contributed by atoms with E-state index in [-0.39, 0.29) is 18.6 Å². The van der Waals surface area contributed by atoms with Gasteiger partial charge in [0.15, 0.2) is 0 Å². The van der Waals surface area contributed by atoms with Crippen molar-refractivity contribution in [1.82, 2.24) is 9.47 Å². The van der Waals surface area contributed by atoms with Gasteiger partial charge < -0.3 is 24.4 Å². The molecule has 2 N–H and O–H groups in total. The van der Waals surface area contributed by atoms with Crippen molar-refractivity contribution in [3.63, 3.8) is 0 Å². The maximum Gasteiger partial charge on any atom is 0.407 e. The Morgan fingerprint density at radius 3 is 2.64 bits per heavy atom. The topological polar surface area (TPSA) is 92.0 Å². The van der Waals surface area contributed by atoms with Gasteiger partial charge in [-0.05, 0) is 18.1 Å². The Kier molecular flexibility index (Phi) is 5.04. The van der Waals surface area contributed by atoms with Crippen molar-refractivity contribution in [1.29, 1.82) is 0 Å². The summed E-state index contributed by atoms with van der Waals surface area (Å²) in [4.78, 5) is 24.5. The number of rotatable bonds is 4. The van der Waals surface area contributed by atoms with E-state index >= 15 is 0 Å². The number of carbonyl (C=O) groups is 1. The molecule has 1 aliphatic heterocycles. The number of ether oxygens (including phenoxy) is 1. The van der Waals surface area contributed by atoms with E-state index in [1.807, 2.05) is 30.3 Å². The van der Waals surface area contributed by atoms with E-state index in [0.29, 0.717) is 18.8 Å². The standard InChI is InChI=1S/C18H20N2O5/c21-16-11-19(18(23)24)8-7-15(16)20-9-6-14(10-17(20)22)25-12-13-4-2-1-3-5-13/h1-6,9-10,15-16,21H,7-8,11-12H2,(H,23,24). The zero-order valence-electron chi connectivity index (χ0n) is 13.6. The van der Waals surface area contributed by atoms with Gasteiger partial charge in [-0.3, -0.25) is 4.79 Å². The van der Waals surface area contributed by atoms with Crippen LogP contribution in [0.5, 0.6) is 5.75 Å². The number of aliphatic hydroxyl groups is 1. The van der Waals surface area contributed by atoms with E-state index in [0.717, 1.165) is 10.5 Å². The van der Waals surface area contributed by atoms with E-state index < -0.39 is 18.2 Å². The van der Waals surface area contributed by atoms with Gasteiger partial charge in [0.25, 0.3) is 5.56 Å². The van der Waals surface area contributed by atoms with Crippen LogP contribution in [0.4, 0.5) is 4.79 Å². The molecule has 7 nitrogen and oxygen atoms in total. The lowest BCUT2D eigenvalue weighted by Crippen LogP contribution is -2.48. The average molecular weight is 344 g/mol. The molecule has 0 spiro atoms. The van der Waals surface area contributed by atoms with E-state index in [1.165, 1.54) is 10.6 Å². The molecule has 1 fully saturated rings. The van der Waals surface area contributed by atoms with Crippen molar-refractivity contribution in [2.45, 2.75) is 25.2 Å². The minimum atomic E-state index is -1.06. The molecule has 1 aromatic carbocycles. The highest BCUT2D eigenvalue weighted by Gasteiger charge is 2.31. The van der Waals surface area contributed by atoms with Crippen LogP contribution in [0.1, 0.15) is 18.0 Å². The SMILES string of the molecule is O=C(O)N1CCC(n2ccc(OCc3ccccc3)cc2=O)C(O)C1. The molecule has 0 saturated carbocycles. The van der Waals surface area contributed by atoms with Gasteiger partial charge >= 0.3 is 6.09 Å². The number of aromatic nitrogens is 1. The van der Waals surface area contributed by atoms with Gasteiger partial charge in [-0.2, -0.15) is 0 Å². The fraction of sp³-hybridized carbons (Fsp3) is 0.333. The van der Waals surface area contributed by atoms with Crippen molar-refractivity contribution in [2.24, 2.45) is 0 Å². The predicted octanol–water partition coefficient (Wildman–Crippen LogP) is 1.71. The van der Waals surface area contributed by atoms with E-state index in [2.05, 4.69) is 0 Å². The summed E-state index contributed by atoms with van der Waals surface area (Å²) in [5.41, 5.74) is 0.724. The molecular formula is C18H20N2O5. The third-order valence-electron chi connectivity index (χ3n) is 4.34. The minimum Gasteiger partial charge on any atom is -0.489 e. The molecule has 25 heavy (non-hydrogen) atoms. The maximum absolute atomic E-state index is 12.4. The second-order valence-corrected chi connectivity index (χ2v) is 6.03. The lowest BCUT2D eigenvalue weighted by atomic mass is 10.0. The number of nitrogens with zero attached hydrogens (tertiary/aromatic N) is 2. The number of hydrogen-bond donors (Lipinski definition) is 2. The average Bonchev–Trinajstić information content (AvgIpc) is 2.61. The number of benzene rings is 1. The van der Waals surface area contributed by atoms with Crippen LogP contribution in [0, 0.1) is 0 Å². The number of pyridine rings is 1. The molecule has 1 aromatic heterocycles. The lowest BCUT2D eigenvalue weighted by Gasteiger charge is -2.35. The Morgan fingerprint density at radius 1 is 1.24 bits per heavy atom. The number of hydrogen-bond acceptors (Lipinski definition) is 4. The highest BCUT2D eigenvalue weighted by Crippen LogP contribution is 2.22. The zero-order valence-corrected chi connectivity index (χ0v) is 13.6. The summed E-state index contributed by atoms with van der Waals surface area (Å²) in [7, 11) is 0. The molecule has 2 heterocycles. The van der Waals surface area contributed by atoms with Crippen molar-refractivity contribution >= 4 is 6.09 Å². The first-order valence-electron chi connectivity index (χ1n) is 8.09. The van der Waals surface area contributed by atoms with E-state index in [1.54, 1.807) is 12.3 Å². The molecule has 3 rings (SSSR count). The summed E-state index contributed by atoms with van der Waals surface area (Å²) in [6.07, 6.45) is -0.00182. The Balaban J connectivity index is 1.68. The fourth-order valence-corrected chi connectivity index (χ4v) is 2.99. The summed E-state index contributed by atoms with van der Waals surface area (Å²) in [5.74, 6) is 0.461. The van der Waals surface area contributed by atoms with Gasteiger partial charge in [-0.15, -0.1) is 0 Å². The van der Waals surface area contributed by atoms with Crippen LogP contribution in [-0.4, -0.2) is 45.0 Å². The number of aliphatic hydroxyl groups excluding tert-OH is 1. The second-order valence-electron chi connectivity index (χ2n) is 6.03. The number of β-amino-alcohol motifs (C(OH)–C–C–N with tert-alkyl or cyclic N) is 1. The Morgan fingerprint density at radius 2 is 2.00 bits per heavy atom. The minimum absolute atomic E-state index is 0.00129. The van der Waals surface area contributed by atoms with Gasteiger partial charge in [0.1, 0.15) is 12.4 Å². The van der Waals surface area contributed by atoms with Crippen LogP contribution in [0.3, 0.4) is 0 Å². The third kappa shape index (κ3) is 4.00. The first-order chi connectivity index (χ1) is 12.0. The van der Waals surface area contributed by atoms with Crippen LogP contribution in [0.2, 0.25) is 0 Å². The van der Waals surface area contributed by atoms with Gasteiger partial charge in [-0.25, -0.2) is 4.79 Å². The molecular weight excluding hydrogens is 324 g/mol. The number of likely N-dealkylation sites (tertiary alicyclic amines) is 1.